The van der Waals surface area contributed by atoms with E-state index >= 15 is 0 Å². The SMILES string of the molecule is CCCCCCCC(=O)N1CCN(c2cc(Cl)nc(SCC(=O)N3CCOCC3)n2)CC1C. The van der Waals surface area contributed by atoms with E-state index in [-0.39, 0.29) is 23.6 Å². The van der Waals surface area contributed by atoms with Gasteiger partial charge in [-0.25, -0.2) is 9.97 Å². The maximum absolute atomic E-state index is 12.7. The van der Waals surface area contributed by atoms with Gasteiger partial charge in [-0.3, -0.25) is 9.59 Å². The Morgan fingerprint density at radius 3 is 2.58 bits per heavy atom. The van der Waals surface area contributed by atoms with E-state index in [9.17, 15) is 9.59 Å². The molecule has 0 N–H and O–H groups in total. The summed E-state index contributed by atoms with van der Waals surface area (Å²) in [7, 11) is 0. The average molecular weight is 498 g/mol. The first-order valence-electron chi connectivity index (χ1n) is 12.0. The van der Waals surface area contributed by atoms with E-state index in [0.717, 1.165) is 18.7 Å². The summed E-state index contributed by atoms with van der Waals surface area (Å²) in [5.74, 6) is 1.33. The number of morpholine rings is 1. The number of hydrogen-bond acceptors (Lipinski definition) is 7. The van der Waals surface area contributed by atoms with Gasteiger partial charge < -0.3 is 19.4 Å². The maximum atomic E-state index is 12.7. The summed E-state index contributed by atoms with van der Waals surface area (Å²) in [5.41, 5.74) is 0. The second-order valence-electron chi connectivity index (χ2n) is 8.66. The van der Waals surface area contributed by atoms with E-state index in [4.69, 9.17) is 16.3 Å². The summed E-state index contributed by atoms with van der Waals surface area (Å²) in [6.07, 6.45) is 6.39. The van der Waals surface area contributed by atoms with Crippen LogP contribution in [0.15, 0.2) is 11.2 Å². The fourth-order valence-corrected chi connectivity index (χ4v) is 5.19. The van der Waals surface area contributed by atoms with Crippen molar-refractivity contribution in [1.82, 2.24) is 19.8 Å². The summed E-state index contributed by atoms with van der Waals surface area (Å²) in [6.45, 7) is 8.78. The molecule has 2 aliphatic heterocycles. The minimum Gasteiger partial charge on any atom is -0.378 e. The topological polar surface area (TPSA) is 78.9 Å². The Balaban J connectivity index is 1.51. The normalized spacial score (nSPS) is 19.1. The molecule has 3 rings (SSSR count). The molecule has 3 heterocycles. The van der Waals surface area contributed by atoms with Crippen molar-refractivity contribution in [1.29, 1.82) is 0 Å². The maximum Gasteiger partial charge on any atom is 0.233 e. The van der Waals surface area contributed by atoms with Gasteiger partial charge in [0.25, 0.3) is 0 Å². The number of aromatic nitrogens is 2. The molecule has 1 aromatic rings. The third kappa shape index (κ3) is 8.00. The molecule has 0 aromatic carbocycles. The number of carbonyl (C=O) groups is 2. The zero-order chi connectivity index (χ0) is 23.6. The zero-order valence-corrected chi connectivity index (χ0v) is 21.4. The summed E-state index contributed by atoms with van der Waals surface area (Å²) in [4.78, 5) is 40.0. The van der Waals surface area contributed by atoms with Crippen LogP contribution in [-0.2, 0) is 14.3 Å². The highest BCUT2D eigenvalue weighted by Crippen LogP contribution is 2.25. The zero-order valence-electron chi connectivity index (χ0n) is 19.8. The molecule has 2 amide bonds. The number of rotatable bonds is 10. The van der Waals surface area contributed by atoms with Gasteiger partial charge in [-0.1, -0.05) is 56.0 Å². The molecule has 0 spiro atoms. The molecule has 2 fully saturated rings. The summed E-state index contributed by atoms with van der Waals surface area (Å²) in [5, 5.41) is 0.858. The predicted molar refractivity (Wildman–Crippen MR) is 132 cm³/mol. The van der Waals surface area contributed by atoms with Crippen LogP contribution in [0, 0.1) is 0 Å². The van der Waals surface area contributed by atoms with Gasteiger partial charge in [0, 0.05) is 51.3 Å². The van der Waals surface area contributed by atoms with Crippen molar-refractivity contribution in [2.24, 2.45) is 0 Å². The van der Waals surface area contributed by atoms with Gasteiger partial charge in [-0.05, 0) is 13.3 Å². The molecule has 0 radical (unpaired) electrons. The molecule has 0 bridgehead atoms. The summed E-state index contributed by atoms with van der Waals surface area (Å²) < 4.78 is 5.30. The van der Waals surface area contributed by atoms with Crippen molar-refractivity contribution >= 4 is 41.0 Å². The highest BCUT2D eigenvalue weighted by Gasteiger charge is 2.28. The Hall–Kier alpha value is -1.58. The third-order valence-electron chi connectivity index (χ3n) is 6.12. The van der Waals surface area contributed by atoms with Crippen LogP contribution in [-0.4, -0.2) is 89.3 Å². The van der Waals surface area contributed by atoms with E-state index in [0.29, 0.717) is 62.7 Å². The van der Waals surface area contributed by atoms with E-state index in [1.54, 1.807) is 6.07 Å². The van der Waals surface area contributed by atoms with Crippen LogP contribution in [0.5, 0.6) is 0 Å². The summed E-state index contributed by atoms with van der Waals surface area (Å²) in [6, 6.07) is 1.86. The van der Waals surface area contributed by atoms with Crippen LogP contribution in [0.3, 0.4) is 0 Å². The van der Waals surface area contributed by atoms with Crippen LogP contribution in [0.2, 0.25) is 5.15 Å². The van der Waals surface area contributed by atoms with Crippen molar-refractivity contribution in [3.8, 4) is 0 Å². The fraction of sp³-hybridized carbons (Fsp3) is 0.739. The molecule has 1 atom stereocenters. The lowest BCUT2D eigenvalue weighted by atomic mass is 10.1. The molecule has 1 unspecified atom stereocenters. The molecule has 0 saturated carbocycles. The smallest absolute Gasteiger partial charge is 0.233 e. The highest BCUT2D eigenvalue weighted by atomic mass is 35.5. The molecular weight excluding hydrogens is 462 g/mol. The molecule has 1 aromatic heterocycles. The lowest BCUT2D eigenvalue weighted by Crippen LogP contribution is -2.54. The van der Waals surface area contributed by atoms with Gasteiger partial charge in [0.1, 0.15) is 11.0 Å². The standard InChI is InChI=1S/C23H36ClN5O3S/c1-3-4-5-6-7-8-21(30)29-10-9-28(16-18(29)2)20-15-19(24)25-23(26-20)33-17-22(31)27-11-13-32-14-12-27/h15,18H,3-14,16-17H2,1-2H3. The second-order valence-corrected chi connectivity index (χ2v) is 9.99. The van der Waals surface area contributed by atoms with Gasteiger partial charge >= 0.3 is 0 Å². The quantitative estimate of drug-likeness (QED) is 0.212. The molecule has 2 aliphatic rings. The van der Waals surface area contributed by atoms with Crippen LogP contribution in [0.4, 0.5) is 5.82 Å². The molecule has 184 valence electrons. The molecule has 0 aliphatic carbocycles. The van der Waals surface area contributed by atoms with Gasteiger partial charge in [-0.15, -0.1) is 0 Å². The Morgan fingerprint density at radius 2 is 1.85 bits per heavy atom. The molecule has 10 heteroatoms. The Kier molecular flexibility index (Phi) is 10.5. The number of halogens is 1. The predicted octanol–water partition coefficient (Wildman–Crippen LogP) is 3.48. The van der Waals surface area contributed by atoms with Crippen molar-refractivity contribution in [2.45, 2.75) is 63.6 Å². The lowest BCUT2D eigenvalue weighted by molar-refractivity contribution is -0.134. The number of anilines is 1. The minimum absolute atomic E-state index is 0.0591. The second kappa shape index (κ2) is 13.3. The lowest BCUT2D eigenvalue weighted by Gasteiger charge is -2.40. The molecule has 8 nitrogen and oxygen atoms in total. The third-order valence-corrected chi connectivity index (χ3v) is 7.14. The van der Waals surface area contributed by atoms with Crippen molar-refractivity contribution in [3.05, 3.63) is 11.2 Å². The largest absolute Gasteiger partial charge is 0.378 e. The van der Waals surface area contributed by atoms with Crippen molar-refractivity contribution in [3.63, 3.8) is 0 Å². The number of thioether (sulfide) groups is 1. The van der Waals surface area contributed by atoms with E-state index < -0.39 is 0 Å². The Bertz CT molecular complexity index is 793. The van der Waals surface area contributed by atoms with Crippen molar-refractivity contribution < 1.29 is 14.3 Å². The first-order valence-corrected chi connectivity index (χ1v) is 13.4. The van der Waals surface area contributed by atoms with E-state index in [1.165, 1.54) is 31.0 Å². The number of hydrogen-bond donors (Lipinski definition) is 0. The molecule has 33 heavy (non-hydrogen) atoms. The number of nitrogens with zero attached hydrogens (tertiary/aromatic N) is 5. The number of unbranched alkanes of at least 4 members (excludes halogenated alkanes) is 4. The first-order chi connectivity index (χ1) is 16.0. The molecular formula is C23H36ClN5O3S. The van der Waals surface area contributed by atoms with Gasteiger partial charge in [0.2, 0.25) is 11.8 Å². The van der Waals surface area contributed by atoms with Crippen LogP contribution in [0.25, 0.3) is 0 Å². The van der Waals surface area contributed by atoms with Crippen molar-refractivity contribution in [2.75, 3.05) is 56.6 Å². The number of amides is 2. The Morgan fingerprint density at radius 1 is 1.09 bits per heavy atom. The fourth-order valence-electron chi connectivity index (χ4n) is 4.20. The number of ether oxygens (including phenoxy) is 1. The average Bonchev–Trinajstić information content (AvgIpc) is 2.82. The summed E-state index contributed by atoms with van der Waals surface area (Å²) >= 11 is 7.58. The minimum atomic E-state index is 0.0591. The highest BCUT2D eigenvalue weighted by molar-refractivity contribution is 7.99. The van der Waals surface area contributed by atoms with Crippen LogP contribution < -0.4 is 4.90 Å². The van der Waals surface area contributed by atoms with Gasteiger partial charge in [0.15, 0.2) is 5.16 Å². The van der Waals surface area contributed by atoms with Crippen LogP contribution in [0.1, 0.15) is 52.4 Å². The number of piperazine rings is 1. The van der Waals surface area contributed by atoms with Gasteiger partial charge in [0.05, 0.1) is 19.0 Å². The van der Waals surface area contributed by atoms with Crippen LogP contribution >= 0.6 is 23.4 Å². The van der Waals surface area contributed by atoms with E-state index in [2.05, 4.69) is 28.7 Å². The molecule has 2 saturated heterocycles. The Labute approximate surface area is 206 Å². The van der Waals surface area contributed by atoms with E-state index in [1.807, 2.05) is 9.80 Å². The first kappa shape index (κ1) is 26.0. The number of carbonyl (C=O) groups excluding carboxylic acids is 2. The van der Waals surface area contributed by atoms with Gasteiger partial charge in [-0.2, -0.15) is 0 Å². The monoisotopic (exact) mass is 497 g/mol.